The zero-order valence-electron chi connectivity index (χ0n) is 10.2. The Morgan fingerprint density at radius 2 is 2.28 bits per heavy atom. The number of nitrogens with one attached hydrogen (secondary N) is 1. The van der Waals surface area contributed by atoms with Crippen molar-refractivity contribution in [2.75, 3.05) is 13.2 Å². The molecule has 0 bridgehead atoms. The van der Waals surface area contributed by atoms with E-state index in [1.807, 2.05) is 24.3 Å². The maximum Gasteiger partial charge on any atom is 0.221 e. The first-order valence-electron chi connectivity index (χ1n) is 5.48. The van der Waals surface area contributed by atoms with Gasteiger partial charge in [-0.25, -0.2) is 0 Å². The zero-order chi connectivity index (χ0) is 12.7. The summed E-state index contributed by atoms with van der Waals surface area (Å²) in [4.78, 5) is 11.3. The lowest BCUT2D eigenvalue weighted by atomic mass is 10.2. The summed E-state index contributed by atoms with van der Waals surface area (Å²) in [5.74, 6) is 0.735. The van der Waals surface area contributed by atoms with Gasteiger partial charge in [-0.3, -0.25) is 4.79 Å². The van der Waals surface area contributed by atoms with Crippen molar-refractivity contribution in [3.05, 3.63) is 28.7 Å². The molecule has 1 aromatic carbocycles. The summed E-state index contributed by atoms with van der Waals surface area (Å²) in [7, 11) is 0. The van der Waals surface area contributed by atoms with Crippen LogP contribution in [0.3, 0.4) is 0 Å². The smallest absolute Gasteiger partial charge is 0.221 e. The van der Waals surface area contributed by atoms with E-state index in [0.717, 1.165) is 10.2 Å². The maximum atomic E-state index is 11.3. The molecule has 0 aromatic heterocycles. The third-order valence-electron chi connectivity index (χ3n) is 2.00. The van der Waals surface area contributed by atoms with Crippen LogP contribution in [0.4, 0.5) is 0 Å². The maximum absolute atomic E-state index is 11.3. The molecule has 0 aliphatic heterocycles. The van der Waals surface area contributed by atoms with Gasteiger partial charge in [0.25, 0.3) is 0 Å². The monoisotopic (exact) mass is 336 g/mol. The number of nitrogens with two attached hydrogens (primary N) is 1. The van der Waals surface area contributed by atoms with Crippen LogP contribution < -0.4 is 15.8 Å². The van der Waals surface area contributed by atoms with Gasteiger partial charge in [-0.05, 0) is 25.1 Å². The van der Waals surface area contributed by atoms with E-state index in [9.17, 15) is 4.79 Å². The summed E-state index contributed by atoms with van der Waals surface area (Å²) < 4.78 is 6.43. The summed E-state index contributed by atoms with van der Waals surface area (Å²) in [5, 5.41) is 2.74. The Bertz CT molecular complexity index is 375. The lowest BCUT2D eigenvalue weighted by Crippen LogP contribution is -2.32. The van der Waals surface area contributed by atoms with Crippen molar-refractivity contribution < 1.29 is 9.53 Å². The van der Waals surface area contributed by atoms with Crippen LogP contribution >= 0.6 is 28.3 Å². The number of hydrogen-bond donors (Lipinski definition) is 2. The molecular weight excluding hydrogens is 320 g/mol. The fourth-order valence-corrected chi connectivity index (χ4v) is 1.66. The van der Waals surface area contributed by atoms with Crippen molar-refractivity contribution in [2.45, 2.75) is 19.4 Å². The largest absolute Gasteiger partial charge is 0.492 e. The van der Waals surface area contributed by atoms with Crippen molar-refractivity contribution in [3.63, 3.8) is 0 Å². The molecule has 0 radical (unpaired) electrons. The second-order valence-corrected chi connectivity index (χ2v) is 4.75. The minimum absolute atomic E-state index is 0. The van der Waals surface area contributed by atoms with Gasteiger partial charge in [-0.1, -0.05) is 22.0 Å². The number of halogens is 2. The van der Waals surface area contributed by atoms with E-state index in [2.05, 4.69) is 21.2 Å². The van der Waals surface area contributed by atoms with Crippen molar-refractivity contribution in [2.24, 2.45) is 5.73 Å². The van der Waals surface area contributed by atoms with E-state index in [1.54, 1.807) is 6.92 Å². The standard InChI is InChI=1S/C12H17BrN2O2.ClH/c1-9(14)7-12(16)15-5-6-17-11-4-2-3-10(13)8-11;/h2-4,8-9H,5-7,14H2,1H3,(H,15,16);1H. The first-order chi connectivity index (χ1) is 8.08. The lowest BCUT2D eigenvalue weighted by molar-refractivity contribution is -0.121. The van der Waals surface area contributed by atoms with Crippen LogP contribution in [-0.4, -0.2) is 25.1 Å². The van der Waals surface area contributed by atoms with Gasteiger partial charge < -0.3 is 15.8 Å². The zero-order valence-corrected chi connectivity index (χ0v) is 12.6. The highest BCUT2D eigenvalue weighted by Gasteiger charge is 2.03. The molecule has 0 heterocycles. The molecule has 0 aliphatic carbocycles. The van der Waals surface area contributed by atoms with E-state index >= 15 is 0 Å². The number of hydrogen-bond acceptors (Lipinski definition) is 3. The van der Waals surface area contributed by atoms with Crippen LogP contribution in [0.2, 0.25) is 0 Å². The Labute approximate surface area is 122 Å². The Balaban J connectivity index is 0.00000289. The second kappa shape index (κ2) is 9.19. The highest BCUT2D eigenvalue weighted by atomic mass is 79.9. The first kappa shape index (κ1) is 17.2. The summed E-state index contributed by atoms with van der Waals surface area (Å²) in [6, 6.07) is 7.46. The van der Waals surface area contributed by atoms with Crippen molar-refractivity contribution >= 4 is 34.2 Å². The third-order valence-corrected chi connectivity index (χ3v) is 2.49. The quantitative estimate of drug-likeness (QED) is 0.781. The van der Waals surface area contributed by atoms with Crippen LogP contribution in [0.5, 0.6) is 5.75 Å². The van der Waals surface area contributed by atoms with Crippen LogP contribution in [0, 0.1) is 0 Å². The molecule has 3 N–H and O–H groups in total. The topological polar surface area (TPSA) is 64.4 Å². The van der Waals surface area contributed by atoms with Crippen molar-refractivity contribution in [3.8, 4) is 5.75 Å². The SMILES string of the molecule is CC(N)CC(=O)NCCOc1cccc(Br)c1.Cl. The summed E-state index contributed by atoms with van der Waals surface area (Å²) >= 11 is 3.36. The highest BCUT2D eigenvalue weighted by molar-refractivity contribution is 9.10. The number of carbonyl (C=O) groups is 1. The lowest BCUT2D eigenvalue weighted by Gasteiger charge is -2.09. The van der Waals surface area contributed by atoms with Gasteiger partial charge >= 0.3 is 0 Å². The molecule has 0 aliphatic rings. The molecule has 4 nitrogen and oxygen atoms in total. The molecule has 1 aromatic rings. The Hall–Kier alpha value is -0.780. The number of rotatable bonds is 6. The summed E-state index contributed by atoms with van der Waals surface area (Å²) in [6.45, 7) is 2.73. The van der Waals surface area contributed by atoms with Gasteiger partial charge in [0.15, 0.2) is 0 Å². The van der Waals surface area contributed by atoms with Gasteiger partial charge in [0, 0.05) is 16.9 Å². The van der Waals surface area contributed by atoms with E-state index < -0.39 is 0 Å². The van der Waals surface area contributed by atoms with Gasteiger partial charge in [-0.2, -0.15) is 0 Å². The van der Waals surface area contributed by atoms with Gasteiger partial charge in [0.1, 0.15) is 12.4 Å². The fourth-order valence-electron chi connectivity index (χ4n) is 1.28. The minimum Gasteiger partial charge on any atom is -0.492 e. The number of amides is 1. The second-order valence-electron chi connectivity index (χ2n) is 3.84. The van der Waals surface area contributed by atoms with E-state index in [0.29, 0.717) is 19.6 Å². The molecule has 0 saturated carbocycles. The van der Waals surface area contributed by atoms with Gasteiger partial charge in [0.05, 0.1) is 6.54 Å². The molecular formula is C12H18BrClN2O2. The average molecular weight is 338 g/mol. The van der Waals surface area contributed by atoms with Crippen LogP contribution in [0.1, 0.15) is 13.3 Å². The molecule has 1 atom stereocenters. The van der Waals surface area contributed by atoms with Crippen LogP contribution in [0.25, 0.3) is 0 Å². The molecule has 6 heteroatoms. The predicted molar refractivity (Wildman–Crippen MR) is 78.2 cm³/mol. The third kappa shape index (κ3) is 7.53. The molecule has 1 rings (SSSR count). The van der Waals surface area contributed by atoms with E-state index in [1.165, 1.54) is 0 Å². The predicted octanol–water partition coefficient (Wildman–Crippen LogP) is 2.10. The average Bonchev–Trinajstić information content (AvgIpc) is 2.23. The fraction of sp³-hybridized carbons (Fsp3) is 0.417. The normalized spacial score (nSPS) is 11.3. The summed E-state index contributed by atoms with van der Waals surface area (Å²) in [5.41, 5.74) is 5.51. The van der Waals surface area contributed by atoms with E-state index in [4.69, 9.17) is 10.5 Å². The Kier molecular flexibility index (Phi) is 8.79. The van der Waals surface area contributed by atoms with Crippen molar-refractivity contribution in [1.82, 2.24) is 5.32 Å². The molecule has 0 saturated heterocycles. The minimum atomic E-state index is -0.110. The summed E-state index contributed by atoms with van der Waals surface area (Å²) in [6.07, 6.45) is 0.344. The molecule has 18 heavy (non-hydrogen) atoms. The number of carbonyl (C=O) groups excluding carboxylic acids is 1. The number of benzene rings is 1. The van der Waals surface area contributed by atoms with Gasteiger partial charge in [-0.15, -0.1) is 12.4 Å². The first-order valence-corrected chi connectivity index (χ1v) is 6.28. The molecule has 102 valence electrons. The van der Waals surface area contributed by atoms with Gasteiger partial charge in [0.2, 0.25) is 5.91 Å². The highest BCUT2D eigenvalue weighted by Crippen LogP contribution is 2.17. The van der Waals surface area contributed by atoms with Crippen LogP contribution in [-0.2, 0) is 4.79 Å². The Morgan fingerprint density at radius 1 is 1.56 bits per heavy atom. The molecule has 0 fully saturated rings. The Morgan fingerprint density at radius 3 is 2.89 bits per heavy atom. The molecule has 1 unspecified atom stereocenters. The molecule has 0 spiro atoms. The van der Waals surface area contributed by atoms with Crippen molar-refractivity contribution in [1.29, 1.82) is 0 Å². The van der Waals surface area contributed by atoms with Crippen LogP contribution in [0.15, 0.2) is 28.7 Å². The van der Waals surface area contributed by atoms with E-state index in [-0.39, 0.29) is 24.4 Å². The number of ether oxygens (including phenoxy) is 1. The molecule has 1 amide bonds.